The Kier molecular flexibility index (Phi) is 4.66. The molecule has 3 amide bonds. The van der Waals surface area contributed by atoms with Gasteiger partial charge in [-0.1, -0.05) is 0 Å². The maximum absolute atomic E-state index is 12.7. The number of nitrogens with zero attached hydrogens (tertiary/aromatic N) is 3. The smallest absolute Gasteiger partial charge is 0.257 e. The number of rotatable bonds is 3. The number of carbonyl (C=O) groups excluding carboxylic acids is 3. The monoisotopic (exact) mass is 367 g/mol. The minimum absolute atomic E-state index is 0.0512. The van der Waals surface area contributed by atoms with Crippen molar-refractivity contribution < 1.29 is 18.8 Å². The molecule has 2 saturated heterocycles. The molecule has 2 aliphatic rings. The zero-order valence-electron chi connectivity index (χ0n) is 15.0. The van der Waals surface area contributed by atoms with Crippen molar-refractivity contribution in [1.29, 1.82) is 0 Å². The van der Waals surface area contributed by atoms with Crippen LogP contribution in [0.1, 0.15) is 33.6 Å². The van der Waals surface area contributed by atoms with Crippen LogP contribution in [-0.4, -0.2) is 60.2 Å². The second-order valence-electron chi connectivity index (χ2n) is 6.79. The van der Waals surface area contributed by atoms with Crippen LogP contribution in [0.15, 0.2) is 47.3 Å². The second-order valence-corrected chi connectivity index (χ2v) is 6.79. The number of piperazine rings is 1. The van der Waals surface area contributed by atoms with E-state index < -0.39 is 0 Å². The lowest BCUT2D eigenvalue weighted by molar-refractivity contribution is -0.117. The van der Waals surface area contributed by atoms with E-state index >= 15 is 0 Å². The van der Waals surface area contributed by atoms with Gasteiger partial charge < -0.3 is 19.1 Å². The van der Waals surface area contributed by atoms with Gasteiger partial charge in [-0.3, -0.25) is 14.4 Å². The minimum Gasteiger partial charge on any atom is -0.472 e. The van der Waals surface area contributed by atoms with Crippen LogP contribution in [0.25, 0.3) is 0 Å². The summed E-state index contributed by atoms with van der Waals surface area (Å²) in [6.07, 6.45) is 4.38. The number of benzene rings is 1. The van der Waals surface area contributed by atoms with E-state index in [1.54, 1.807) is 32.9 Å². The quantitative estimate of drug-likeness (QED) is 0.832. The molecular weight excluding hydrogens is 346 g/mol. The van der Waals surface area contributed by atoms with Gasteiger partial charge in [-0.15, -0.1) is 0 Å². The van der Waals surface area contributed by atoms with Crippen molar-refractivity contribution in [2.24, 2.45) is 0 Å². The van der Waals surface area contributed by atoms with Gasteiger partial charge in [0.05, 0.1) is 11.8 Å². The van der Waals surface area contributed by atoms with Crippen molar-refractivity contribution in [1.82, 2.24) is 9.80 Å². The van der Waals surface area contributed by atoms with E-state index in [0.717, 1.165) is 18.7 Å². The van der Waals surface area contributed by atoms with Gasteiger partial charge in [0.25, 0.3) is 11.8 Å². The van der Waals surface area contributed by atoms with Crippen LogP contribution in [0.4, 0.5) is 5.69 Å². The number of hydrogen-bond acceptors (Lipinski definition) is 4. The summed E-state index contributed by atoms with van der Waals surface area (Å²) in [6, 6.07) is 8.84. The number of amides is 3. The highest BCUT2D eigenvalue weighted by atomic mass is 16.3. The van der Waals surface area contributed by atoms with Gasteiger partial charge in [0.2, 0.25) is 5.91 Å². The lowest BCUT2D eigenvalue weighted by atomic mass is 10.1. The maximum atomic E-state index is 12.7. The molecule has 2 fully saturated rings. The zero-order chi connectivity index (χ0) is 18.8. The van der Waals surface area contributed by atoms with Crippen molar-refractivity contribution in [3.05, 3.63) is 54.0 Å². The van der Waals surface area contributed by atoms with E-state index in [4.69, 9.17) is 4.42 Å². The first-order valence-electron chi connectivity index (χ1n) is 9.14. The molecule has 0 unspecified atom stereocenters. The van der Waals surface area contributed by atoms with Crippen LogP contribution < -0.4 is 4.90 Å². The number of anilines is 1. The van der Waals surface area contributed by atoms with E-state index in [1.165, 1.54) is 12.5 Å². The van der Waals surface area contributed by atoms with E-state index in [0.29, 0.717) is 43.7 Å². The molecule has 0 atom stereocenters. The summed E-state index contributed by atoms with van der Waals surface area (Å²) in [5.74, 6) is 0.00711. The Morgan fingerprint density at radius 1 is 0.815 bits per heavy atom. The van der Waals surface area contributed by atoms with Crippen LogP contribution >= 0.6 is 0 Å². The summed E-state index contributed by atoms with van der Waals surface area (Å²) in [5, 5.41) is 0. The molecule has 0 aliphatic carbocycles. The van der Waals surface area contributed by atoms with Crippen molar-refractivity contribution in [3.63, 3.8) is 0 Å². The molecule has 4 rings (SSSR count). The van der Waals surface area contributed by atoms with Crippen molar-refractivity contribution in [3.8, 4) is 0 Å². The van der Waals surface area contributed by atoms with Crippen molar-refractivity contribution in [2.45, 2.75) is 12.8 Å². The van der Waals surface area contributed by atoms with Gasteiger partial charge in [0, 0.05) is 50.4 Å². The summed E-state index contributed by atoms with van der Waals surface area (Å²) in [6.45, 7) is 2.72. The summed E-state index contributed by atoms with van der Waals surface area (Å²) in [4.78, 5) is 42.1. The van der Waals surface area contributed by atoms with Crippen LogP contribution in [0.5, 0.6) is 0 Å². The van der Waals surface area contributed by atoms with Gasteiger partial charge in [0.1, 0.15) is 6.26 Å². The van der Waals surface area contributed by atoms with Gasteiger partial charge in [0.15, 0.2) is 0 Å². The topological polar surface area (TPSA) is 74.1 Å². The molecule has 140 valence electrons. The summed E-state index contributed by atoms with van der Waals surface area (Å²) >= 11 is 0. The van der Waals surface area contributed by atoms with E-state index in [2.05, 4.69) is 0 Å². The molecule has 7 nitrogen and oxygen atoms in total. The van der Waals surface area contributed by atoms with E-state index in [-0.39, 0.29) is 17.7 Å². The Labute approximate surface area is 157 Å². The maximum Gasteiger partial charge on any atom is 0.257 e. The summed E-state index contributed by atoms with van der Waals surface area (Å²) < 4.78 is 4.96. The Bertz CT molecular complexity index is 837. The first kappa shape index (κ1) is 17.3. The number of furan rings is 1. The molecule has 1 aromatic heterocycles. The lowest BCUT2D eigenvalue weighted by Crippen LogP contribution is -2.50. The standard InChI is InChI=1S/C20H21N3O4/c24-18-2-1-8-23(18)17-5-3-15(4-6-17)19(25)21-9-11-22(12-10-21)20(26)16-7-13-27-14-16/h3-7,13-14H,1-2,8-12H2. The van der Waals surface area contributed by atoms with Gasteiger partial charge in [-0.05, 0) is 36.8 Å². The average Bonchev–Trinajstić information content (AvgIpc) is 3.39. The van der Waals surface area contributed by atoms with Crippen LogP contribution in [0.2, 0.25) is 0 Å². The lowest BCUT2D eigenvalue weighted by Gasteiger charge is -2.34. The third-order valence-corrected chi connectivity index (χ3v) is 5.12. The van der Waals surface area contributed by atoms with Gasteiger partial charge >= 0.3 is 0 Å². The highest BCUT2D eigenvalue weighted by molar-refractivity contribution is 5.98. The van der Waals surface area contributed by atoms with Crippen LogP contribution in [0, 0.1) is 0 Å². The molecule has 0 bridgehead atoms. The molecule has 0 radical (unpaired) electrons. The molecule has 7 heteroatoms. The molecule has 0 N–H and O–H groups in total. The van der Waals surface area contributed by atoms with Gasteiger partial charge in [-0.25, -0.2) is 0 Å². The molecule has 2 aromatic rings. The van der Waals surface area contributed by atoms with Gasteiger partial charge in [-0.2, -0.15) is 0 Å². The molecular formula is C20H21N3O4. The molecule has 0 spiro atoms. The molecule has 3 heterocycles. The van der Waals surface area contributed by atoms with Crippen LogP contribution in [-0.2, 0) is 4.79 Å². The average molecular weight is 367 g/mol. The highest BCUT2D eigenvalue weighted by Gasteiger charge is 2.26. The Morgan fingerprint density at radius 3 is 1.96 bits per heavy atom. The SMILES string of the molecule is O=C(c1ccc(N2CCCC2=O)cc1)N1CCN(C(=O)c2ccoc2)CC1. The minimum atomic E-state index is -0.0736. The largest absolute Gasteiger partial charge is 0.472 e. The third-order valence-electron chi connectivity index (χ3n) is 5.12. The molecule has 2 aliphatic heterocycles. The van der Waals surface area contributed by atoms with Crippen molar-refractivity contribution >= 4 is 23.4 Å². The fourth-order valence-electron chi connectivity index (χ4n) is 3.57. The summed E-state index contributed by atoms with van der Waals surface area (Å²) in [5.41, 5.74) is 1.96. The summed E-state index contributed by atoms with van der Waals surface area (Å²) in [7, 11) is 0. The normalized spacial score (nSPS) is 17.5. The number of hydrogen-bond donors (Lipinski definition) is 0. The second kappa shape index (κ2) is 7.26. The van der Waals surface area contributed by atoms with Crippen LogP contribution in [0.3, 0.4) is 0 Å². The fourth-order valence-corrected chi connectivity index (χ4v) is 3.57. The predicted octanol–water partition coefficient (Wildman–Crippen LogP) is 2.00. The Hall–Kier alpha value is -3.09. The third kappa shape index (κ3) is 3.45. The molecule has 1 aromatic carbocycles. The van der Waals surface area contributed by atoms with E-state index in [1.807, 2.05) is 12.1 Å². The fraction of sp³-hybridized carbons (Fsp3) is 0.350. The molecule has 0 saturated carbocycles. The molecule has 27 heavy (non-hydrogen) atoms. The zero-order valence-corrected chi connectivity index (χ0v) is 15.0. The number of carbonyl (C=O) groups is 3. The van der Waals surface area contributed by atoms with E-state index in [9.17, 15) is 14.4 Å². The Balaban J connectivity index is 1.36. The first-order valence-corrected chi connectivity index (χ1v) is 9.14. The van der Waals surface area contributed by atoms with Crippen molar-refractivity contribution in [2.75, 3.05) is 37.6 Å². The highest BCUT2D eigenvalue weighted by Crippen LogP contribution is 2.22. The predicted molar refractivity (Wildman–Crippen MR) is 98.5 cm³/mol. The Morgan fingerprint density at radius 2 is 1.44 bits per heavy atom. The first-order chi connectivity index (χ1) is 13.1.